The number of hydrogen-bond donors (Lipinski definition) is 1. The topological polar surface area (TPSA) is 94.2 Å². The van der Waals surface area contributed by atoms with Crippen LogP contribution in [0.3, 0.4) is 0 Å². The van der Waals surface area contributed by atoms with Gasteiger partial charge >= 0.3 is 0 Å². The number of amides is 1. The third-order valence-corrected chi connectivity index (χ3v) is 10.3. The Balaban J connectivity index is 1.28. The van der Waals surface area contributed by atoms with Crippen molar-refractivity contribution >= 4 is 39.1 Å². The molecule has 0 radical (unpaired) electrons. The van der Waals surface area contributed by atoms with E-state index in [9.17, 15) is 13.2 Å². The van der Waals surface area contributed by atoms with Crippen LogP contribution in [0.1, 0.15) is 43.7 Å². The molecule has 2 heterocycles. The highest BCUT2D eigenvalue weighted by molar-refractivity contribution is 7.91. The molecule has 0 atom stereocenters. The number of sulfone groups is 1. The van der Waals surface area contributed by atoms with Crippen molar-refractivity contribution in [3.63, 3.8) is 0 Å². The highest BCUT2D eigenvalue weighted by Crippen LogP contribution is 2.34. The van der Waals surface area contributed by atoms with E-state index in [4.69, 9.17) is 25.8 Å². The molecule has 0 bridgehead atoms. The molecule has 1 amide bonds. The van der Waals surface area contributed by atoms with Crippen LogP contribution in [0, 0.1) is 0 Å². The second-order valence-corrected chi connectivity index (χ2v) is 13.9. The second-order valence-electron chi connectivity index (χ2n) is 11.4. The average Bonchev–Trinajstić information content (AvgIpc) is 3.18. The molecule has 8 nitrogen and oxygen atoms in total. The summed E-state index contributed by atoms with van der Waals surface area (Å²) in [5.41, 5.74) is 4.31. The van der Waals surface area contributed by atoms with E-state index in [2.05, 4.69) is 17.3 Å². The number of rotatable bonds is 12. The predicted octanol–water partition coefficient (Wildman–Crippen LogP) is 6.62. The zero-order chi connectivity index (χ0) is 31.8. The highest BCUT2D eigenvalue weighted by Gasteiger charge is 2.25. The van der Waals surface area contributed by atoms with Gasteiger partial charge in [-0.25, -0.2) is 8.42 Å². The highest BCUT2D eigenvalue weighted by atomic mass is 35.5. The van der Waals surface area contributed by atoms with Crippen LogP contribution in [0.5, 0.6) is 5.75 Å². The Labute approximate surface area is 271 Å². The van der Waals surface area contributed by atoms with Gasteiger partial charge in [0, 0.05) is 56.7 Å². The minimum Gasteiger partial charge on any atom is -0.492 e. The van der Waals surface area contributed by atoms with Gasteiger partial charge in [0.05, 0.1) is 22.3 Å². The standard InChI is InChI=1S/C35H41ClN2O6S/c1-3-42-16-4-17-44-33-11-7-27(23-32(33)36)26-8-12-34-29(21-26)22-28(15-20-45(34,40)41)35(39)37-30-9-5-25(6-10-30)24-38(2)31-13-18-43-19-14-31/h5-12,21-23,31H,3-4,13-20,24H2,1-2H3,(H,37,39). The van der Waals surface area contributed by atoms with E-state index in [0.29, 0.717) is 53.5 Å². The minimum atomic E-state index is -3.58. The lowest BCUT2D eigenvalue weighted by Gasteiger charge is -2.31. The third-order valence-electron chi connectivity index (χ3n) is 8.22. The molecule has 45 heavy (non-hydrogen) atoms. The van der Waals surface area contributed by atoms with Gasteiger partial charge in [0.25, 0.3) is 5.91 Å². The lowest BCUT2D eigenvalue weighted by molar-refractivity contribution is -0.112. The van der Waals surface area contributed by atoms with Crippen LogP contribution >= 0.6 is 11.6 Å². The van der Waals surface area contributed by atoms with Crippen molar-refractivity contribution in [3.8, 4) is 16.9 Å². The molecule has 0 aliphatic carbocycles. The number of ether oxygens (including phenoxy) is 3. The Morgan fingerprint density at radius 1 is 1.02 bits per heavy atom. The molecule has 0 saturated carbocycles. The first-order valence-corrected chi connectivity index (χ1v) is 17.5. The van der Waals surface area contributed by atoms with Crippen LogP contribution in [-0.2, 0) is 30.7 Å². The number of nitrogens with one attached hydrogen (secondary N) is 1. The Morgan fingerprint density at radius 2 is 1.76 bits per heavy atom. The number of fused-ring (bicyclic) bond motifs is 1. The summed E-state index contributed by atoms with van der Waals surface area (Å²) in [6.07, 6.45) is 4.63. The molecule has 1 fully saturated rings. The maximum absolute atomic E-state index is 13.4. The molecular weight excluding hydrogens is 612 g/mol. The zero-order valence-corrected chi connectivity index (χ0v) is 27.5. The molecule has 0 aromatic heterocycles. The van der Waals surface area contributed by atoms with Gasteiger partial charge in [-0.1, -0.05) is 35.9 Å². The summed E-state index contributed by atoms with van der Waals surface area (Å²) in [7, 11) is -1.45. The van der Waals surface area contributed by atoms with E-state index in [-0.39, 0.29) is 23.0 Å². The minimum absolute atomic E-state index is 0.118. The monoisotopic (exact) mass is 652 g/mol. The van der Waals surface area contributed by atoms with Crippen LogP contribution in [0.2, 0.25) is 5.02 Å². The normalized spacial score (nSPS) is 16.5. The van der Waals surface area contributed by atoms with E-state index in [0.717, 1.165) is 55.7 Å². The first-order valence-electron chi connectivity index (χ1n) is 15.5. The van der Waals surface area contributed by atoms with Gasteiger partial charge < -0.3 is 19.5 Å². The number of nitrogens with zero attached hydrogens (tertiary/aromatic N) is 1. The van der Waals surface area contributed by atoms with Crippen LogP contribution < -0.4 is 10.1 Å². The first kappa shape index (κ1) is 33.2. The van der Waals surface area contributed by atoms with Crippen LogP contribution in [0.15, 0.2) is 71.1 Å². The fourth-order valence-electron chi connectivity index (χ4n) is 5.65. The van der Waals surface area contributed by atoms with Crippen LogP contribution in [0.25, 0.3) is 17.2 Å². The van der Waals surface area contributed by atoms with E-state index in [1.165, 1.54) is 0 Å². The van der Waals surface area contributed by atoms with E-state index in [1.54, 1.807) is 30.3 Å². The summed E-state index contributed by atoms with van der Waals surface area (Å²) in [5, 5.41) is 3.42. The third kappa shape index (κ3) is 8.74. The van der Waals surface area contributed by atoms with Crippen molar-refractivity contribution in [2.75, 3.05) is 51.2 Å². The maximum Gasteiger partial charge on any atom is 0.251 e. The van der Waals surface area contributed by atoms with E-state index in [1.807, 2.05) is 43.3 Å². The molecule has 3 aromatic rings. The summed E-state index contributed by atoms with van der Waals surface area (Å²) in [5.74, 6) is 0.119. The van der Waals surface area contributed by atoms with Gasteiger partial charge in [0.2, 0.25) is 0 Å². The lowest BCUT2D eigenvalue weighted by Crippen LogP contribution is -2.36. The fourth-order valence-corrected chi connectivity index (χ4v) is 7.35. The molecule has 240 valence electrons. The van der Waals surface area contributed by atoms with Gasteiger partial charge in [-0.2, -0.15) is 0 Å². The molecule has 1 saturated heterocycles. The molecule has 1 N–H and O–H groups in total. The summed E-state index contributed by atoms with van der Waals surface area (Å²) in [6, 6.07) is 19.0. The average molecular weight is 653 g/mol. The zero-order valence-electron chi connectivity index (χ0n) is 25.9. The maximum atomic E-state index is 13.4. The second kappa shape index (κ2) is 15.4. The Morgan fingerprint density at radius 3 is 2.49 bits per heavy atom. The van der Waals surface area contributed by atoms with Gasteiger partial charge in [-0.15, -0.1) is 0 Å². The number of halogens is 1. The van der Waals surface area contributed by atoms with Crippen molar-refractivity contribution in [2.24, 2.45) is 0 Å². The Bertz CT molecular complexity index is 1620. The van der Waals surface area contributed by atoms with Gasteiger partial charge in [0.1, 0.15) is 5.75 Å². The molecule has 10 heteroatoms. The molecule has 5 rings (SSSR count). The van der Waals surface area contributed by atoms with Gasteiger partial charge in [0.15, 0.2) is 9.84 Å². The molecule has 0 spiro atoms. The number of carbonyl (C=O) groups is 1. The van der Waals surface area contributed by atoms with Crippen molar-refractivity contribution in [1.29, 1.82) is 0 Å². The summed E-state index contributed by atoms with van der Waals surface area (Å²) in [6.45, 7) is 6.15. The molecule has 3 aromatic carbocycles. The fraction of sp³-hybridized carbons (Fsp3) is 0.400. The smallest absolute Gasteiger partial charge is 0.251 e. The quantitative estimate of drug-likeness (QED) is 0.220. The van der Waals surface area contributed by atoms with Crippen LogP contribution in [0.4, 0.5) is 5.69 Å². The van der Waals surface area contributed by atoms with Crippen molar-refractivity contribution < 1.29 is 27.4 Å². The number of benzene rings is 3. The molecule has 2 aliphatic rings. The van der Waals surface area contributed by atoms with Gasteiger partial charge in [-0.05, 0) is 98.0 Å². The van der Waals surface area contributed by atoms with Crippen molar-refractivity contribution in [1.82, 2.24) is 4.90 Å². The SMILES string of the molecule is CCOCCCOc1ccc(-c2ccc3c(c2)C=C(C(=O)Nc2ccc(CN(C)C4CCOCC4)cc2)CCS3(=O)=O)cc1Cl. The van der Waals surface area contributed by atoms with Crippen molar-refractivity contribution in [3.05, 3.63) is 82.4 Å². The molecular formula is C35H41ClN2O6S. The van der Waals surface area contributed by atoms with E-state index >= 15 is 0 Å². The Hall–Kier alpha value is -3.21. The summed E-state index contributed by atoms with van der Waals surface area (Å²) in [4.78, 5) is 15.9. The van der Waals surface area contributed by atoms with Crippen LogP contribution in [-0.4, -0.2) is 71.1 Å². The first-order chi connectivity index (χ1) is 21.7. The number of carbonyl (C=O) groups excluding carboxylic acids is 1. The van der Waals surface area contributed by atoms with E-state index < -0.39 is 9.84 Å². The van der Waals surface area contributed by atoms with Gasteiger partial charge in [-0.3, -0.25) is 9.69 Å². The lowest BCUT2D eigenvalue weighted by atomic mass is 10.0. The number of anilines is 1. The molecule has 2 aliphatic heterocycles. The summed E-state index contributed by atoms with van der Waals surface area (Å²) < 4.78 is 42.9. The predicted molar refractivity (Wildman–Crippen MR) is 179 cm³/mol. The van der Waals surface area contributed by atoms with Crippen molar-refractivity contribution in [2.45, 2.75) is 50.1 Å². The Kier molecular flexibility index (Phi) is 11.3. The summed E-state index contributed by atoms with van der Waals surface area (Å²) >= 11 is 6.52. The molecule has 0 unspecified atom stereocenters. The number of hydrogen-bond acceptors (Lipinski definition) is 7. The largest absolute Gasteiger partial charge is 0.492 e.